The van der Waals surface area contributed by atoms with Gasteiger partial charge in [0.05, 0.1) is 0 Å². The summed E-state index contributed by atoms with van der Waals surface area (Å²) < 4.78 is 51.4. The summed E-state index contributed by atoms with van der Waals surface area (Å²) >= 11 is 0. The molecule has 1 aromatic rings. The highest BCUT2D eigenvalue weighted by Gasteiger charge is 2.22. The fourth-order valence-corrected chi connectivity index (χ4v) is 2.41. The van der Waals surface area contributed by atoms with E-state index >= 15 is 0 Å². The van der Waals surface area contributed by atoms with E-state index < -0.39 is 32.6 Å². The van der Waals surface area contributed by atoms with Crippen LogP contribution in [0.4, 0.5) is 8.78 Å². The molecule has 0 aliphatic rings. The molecular weight excluding hydrogens is 238 g/mol. The third-order valence-corrected chi connectivity index (χ3v) is 3.52. The van der Waals surface area contributed by atoms with Crippen LogP contribution in [0.2, 0.25) is 0 Å². The van der Waals surface area contributed by atoms with E-state index in [0.29, 0.717) is 0 Å². The Labute approximate surface area is 92.5 Å². The third-order valence-electron chi connectivity index (χ3n) is 1.92. The summed E-state index contributed by atoms with van der Waals surface area (Å²) in [6, 6.07) is 2.41. The molecule has 1 aromatic carbocycles. The van der Waals surface area contributed by atoms with Crippen LogP contribution < -0.4 is 10.5 Å². The standard InChI is InChI=1S/C9H12F2N2O2S/c1-6(5-12)13-16(14,15)8-4-2-3-7(10)9(8)11/h2-4,6,13H,5,12H2,1H3/t6-/m0/s1. The predicted molar refractivity (Wildman–Crippen MR) is 55.2 cm³/mol. The minimum absolute atomic E-state index is 0.0656. The Morgan fingerprint density at radius 2 is 2.06 bits per heavy atom. The summed E-state index contributed by atoms with van der Waals surface area (Å²) in [6.07, 6.45) is 0. The van der Waals surface area contributed by atoms with Crippen molar-refractivity contribution >= 4 is 10.0 Å². The van der Waals surface area contributed by atoms with Crippen LogP contribution in [0.5, 0.6) is 0 Å². The van der Waals surface area contributed by atoms with Gasteiger partial charge < -0.3 is 5.73 Å². The molecule has 0 bridgehead atoms. The minimum atomic E-state index is -4.07. The second-order valence-electron chi connectivity index (χ2n) is 3.31. The van der Waals surface area contributed by atoms with Crippen LogP contribution in [0.1, 0.15) is 6.92 Å². The molecule has 0 fully saturated rings. The van der Waals surface area contributed by atoms with E-state index in [-0.39, 0.29) is 6.54 Å². The molecule has 0 saturated carbocycles. The van der Waals surface area contributed by atoms with Gasteiger partial charge in [0.1, 0.15) is 4.90 Å². The lowest BCUT2D eigenvalue weighted by molar-refractivity contribution is 0.481. The van der Waals surface area contributed by atoms with E-state index in [4.69, 9.17) is 5.73 Å². The van der Waals surface area contributed by atoms with Crippen LogP contribution in [-0.4, -0.2) is 21.0 Å². The maximum Gasteiger partial charge on any atom is 0.243 e. The molecule has 0 radical (unpaired) electrons. The Hall–Kier alpha value is -1.05. The van der Waals surface area contributed by atoms with E-state index in [9.17, 15) is 17.2 Å². The zero-order chi connectivity index (χ0) is 12.3. The summed E-state index contributed by atoms with van der Waals surface area (Å²) in [4.78, 5) is -0.715. The van der Waals surface area contributed by atoms with Crippen LogP contribution >= 0.6 is 0 Å². The smallest absolute Gasteiger partial charge is 0.243 e. The maximum absolute atomic E-state index is 13.2. The van der Waals surface area contributed by atoms with Gasteiger partial charge in [-0.1, -0.05) is 6.07 Å². The van der Waals surface area contributed by atoms with E-state index in [1.165, 1.54) is 6.92 Å². The molecule has 0 heterocycles. The first kappa shape index (κ1) is 13.0. The molecule has 4 nitrogen and oxygen atoms in total. The zero-order valence-corrected chi connectivity index (χ0v) is 9.39. The molecule has 0 aliphatic heterocycles. The fraction of sp³-hybridized carbons (Fsp3) is 0.333. The van der Waals surface area contributed by atoms with Crippen molar-refractivity contribution in [3.05, 3.63) is 29.8 Å². The number of nitrogens with two attached hydrogens (primary N) is 1. The number of sulfonamides is 1. The number of halogens is 2. The predicted octanol–water partition coefficient (Wildman–Crippen LogP) is 0.590. The van der Waals surface area contributed by atoms with Gasteiger partial charge in [-0.25, -0.2) is 21.9 Å². The molecule has 90 valence electrons. The Balaban J connectivity index is 3.13. The van der Waals surface area contributed by atoms with Crippen LogP contribution in [0.15, 0.2) is 23.1 Å². The van der Waals surface area contributed by atoms with Crippen LogP contribution in [0.25, 0.3) is 0 Å². The van der Waals surface area contributed by atoms with Gasteiger partial charge in [0, 0.05) is 12.6 Å². The molecule has 7 heteroatoms. The largest absolute Gasteiger partial charge is 0.329 e. The highest BCUT2D eigenvalue weighted by Crippen LogP contribution is 2.16. The molecule has 3 N–H and O–H groups in total. The number of benzene rings is 1. The molecule has 16 heavy (non-hydrogen) atoms. The molecule has 0 saturated heterocycles. The van der Waals surface area contributed by atoms with Crippen molar-refractivity contribution in [3.63, 3.8) is 0 Å². The monoisotopic (exact) mass is 250 g/mol. The second-order valence-corrected chi connectivity index (χ2v) is 4.99. The highest BCUT2D eigenvalue weighted by molar-refractivity contribution is 7.89. The van der Waals surface area contributed by atoms with E-state index in [0.717, 1.165) is 18.2 Å². The lowest BCUT2D eigenvalue weighted by atomic mass is 10.3. The number of hydrogen-bond donors (Lipinski definition) is 2. The van der Waals surface area contributed by atoms with Crippen LogP contribution in [0, 0.1) is 11.6 Å². The van der Waals surface area contributed by atoms with Gasteiger partial charge in [-0.3, -0.25) is 0 Å². The highest BCUT2D eigenvalue weighted by atomic mass is 32.2. The molecule has 0 aliphatic carbocycles. The van der Waals surface area contributed by atoms with Crippen molar-refractivity contribution in [1.82, 2.24) is 4.72 Å². The summed E-state index contributed by atoms with van der Waals surface area (Å²) in [5, 5.41) is 0. The lowest BCUT2D eigenvalue weighted by Crippen LogP contribution is -2.38. The van der Waals surface area contributed by atoms with Gasteiger partial charge in [-0.05, 0) is 19.1 Å². The van der Waals surface area contributed by atoms with Crippen LogP contribution in [-0.2, 0) is 10.0 Å². The average Bonchev–Trinajstić information content (AvgIpc) is 2.21. The van der Waals surface area contributed by atoms with Gasteiger partial charge in [0.2, 0.25) is 10.0 Å². The second kappa shape index (κ2) is 4.86. The normalized spacial score (nSPS) is 13.8. The van der Waals surface area contributed by atoms with Gasteiger partial charge in [0.25, 0.3) is 0 Å². The quantitative estimate of drug-likeness (QED) is 0.821. The Morgan fingerprint density at radius 1 is 1.44 bits per heavy atom. The molecule has 0 aromatic heterocycles. The topological polar surface area (TPSA) is 72.2 Å². The molecule has 0 spiro atoms. The Bertz CT molecular complexity index is 476. The molecule has 0 amide bonds. The van der Waals surface area contributed by atoms with E-state index in [2.05, 4.69) is 4.72 Å². The third kappa shape index (κ3) is 2.75. The first-order valence-electron chi connectivity index (χ1n) is 4.55. The summed E-state index contributed by atoms with van der Waals surface area (Å²) in [7, 11) is -4.07. The molecular formula is C9H12F2N2O2S. The maximum atomic E-state index is 13.2. The molecule has 1 atom stereocenters. The summed E-state index contributed by atoms with van der Waals surface area (Å²) in [5.74, 6) is -2.59. The Morgan fingerprint density at radius 3 is 2.62 bits per heavy atom. The summed E-state index contributed by atoms with van der Waals surface area (Å²) in [5.41, 5.74) is 5.23. The van der Waals surface area contributed by atoms with E-state index in [1.807, 2.05) is 0 Å². The van der Waals surface area contributed by atoms with Crippen molar-refractivity contribution in [2.24, 2.45) is 5.73 Å². The van der Waals surface area contributed by atoms with Crippen molar-refractivity contribution in [2.45, 2.75) is 17.9 Å². The van der Waals surface area contributed by atoms with E-state index in [1.54, 1.807) is 0 Å². The Kier molecular flexibility index (Phi) is 3.95. The average molecular weight is 250 g/mol. The zero-order valence-electron chi connectivity index (χ0n) is 8.57. The first-order valence-corrected chi connectivity index (χ1v) is 6.03. The van der Waals surface area contributed by atoms with Gasteiger partial charge in [-0.15, -0.1) is 0 Å². The van der Waals surface area contributed by atoms with Gasteiger partial charge in [-0.2, -0.15) is 0 Å². The summed E-state index contributed by atoms with van der Waals surface area (Å²) in [6.45, 7) is 1.59. The number of nitrogens with one attached hydrogen (secondary N) is 1. The van der Waals surface area contributed by atoms with Crippen molar-refractivity contribution < 1.29 is 17.2 Å². The fourth-order valence-electron chi connectivity index (χ4n) is 1.07. The van der Waals surface area contributed by atoms with Crippen molar-refractivity contribution in [1.29, 1.82) is 0 Å². The lowest BCUT2D eigenvalue weighted by Gasteiger charge is -2.12. The van der Waals surface area contributed by atoms with Crippen molar-refractivity contribution in [2.75, 3.05) is 6.54 Å². The SMILES string of the molecule is C[C@@H](CN)NS(=O)(=O)c1cccc(F)c1F. The molecule has 1 rings (SSSR count). The van der Waals surface area contributed by atoms with Gasteiger partial charge >= 0.3 is 0 Å². The number of hydrogen-bond acceptors (Lipinski definition) is 3. The van der Waals surface area contributed by atoms with Crippen molar-refractivity contribution in [3.8, 4) is 0 Å². The number of rotatable bonds is 4. The van der Waals surface area contributed by atoms with Gasteiger partial charge in [0.15, 0.2) is 11.6 Å². The minimum Gasteiger partial charge on any atom is -0.329 e. The molecule has 0 unspecified atom stereocenters. The van der Waals surface area contributed by atoms with Crippen LogP contribution in [0.3, 0.4) is 0 Å². The first-order chi connectivity index (χ1) is 7.38.